The molecule has 2 fully saturated rings. The summed E-state index contributed by atoms with van der Waals surface area (Å²) in [5.74, 6) is -0.233. The smallest absolute Gasteiger partial charge is 0.231 e. The predicted octanol–water partition coefficient (Wildman–Crippen LogP) is 1.17. The van der Waals surface area contributed by atoms with E-state index in [1.165, 1.54) is 44.9 Å². The summed E-state index contributed by atoms with van der Waals surface area (Å²) < 4.78 is 0. The zero-order valence-corrected chi connectivity index (χ0v) is 8.72. The average Bonchev–Trinajstić information content (AvgIpc) is 2.17. The van der Waals surface area contributed by atoms with E-state index in [4.69, 9.17) is 5.73 Å². The molecule has 1 atom stereocenters. The zero-order chi connectivity index (χ0) is 10.0. The van der Waals surface area contributed by atoms with Gasteiger partial charge in [0, 0.05) is 6.04 Å². The lowest BCUT2D eigenvalue weighted by Gasteiger charge is -2.52. The summed E-state index contributed by atoms with van der Waals surface area (Å²) in [6, 6.07) is 0.565. The maximum atomic E-state index is 10.7. The summed E-state index contributed by atoms with van der Waals surface area (Å²) in [7, 11) is 0. The molecule has 1 unspecified atom stereocenters. The highest BCUT2D eigenvalue weighted by molar-refractivity contribution is 5.75. The number of primary amides is 1. The van der Waals surface area contributed by atoms with Gasteiger partial charge in [0.25, 0.3) is 0 Å². The highest BCUT2D eigenvalue weighted by Crippen LogP contribution is 2.51. The summed E-state index contributed by atoms with van der Waals surface area (Å²) in [5.41, 5.74) is 5.67. The van der Waals surface area contributed by atoms with Gasteiger partial charge in [0.05, 0.1) is 6.54 Å². The minimum atomic E-state index is -0.233. The van der Waals surface area contributed by atoms with Crippen molar-refractivity contribution in [2.24, 2.45) is 11.1 Å². The van der Waals surface area contributed by atoms with E-state index in [-0.39, 0.29) is 5.91 Å². The monoisotopic (exact) mass is 196 g/mol. The van der Waals surface area contributed by atoms with Crippen molar-refractivity contribution in [1.82, 2.24) is 5.32 Å². The molecule has 0 bridgehead atoms. The van der Waals surface area contributed by atoms with Gasteiger partial charge in [0.1, 0.15) is 0 Å². The first kappa shape index (κ1) is 9.97. The lowest BCUT2D eigenvalue weighted by Crippen LogP contribution is -2.55. The summed E-state index contributed by atoms with van der Waals surface area (Å²) >= 11 is 0. The minimum Gasteiger partial charge on any atom is -0.369 e. The third-order valence-electron chi connectivity index (χ3n) is 4.04. The summed E-state index contributed by atoms with van der Waals surface area (Å²) in [5, 5.41) is 3.30. The Morgan fingerprint density at radius 3 is 2.50 bits per heavy atom. The normalized spacial score (nSPS) is 29.9. The molecule has 2 saturated carbocycles. The predicted molar refractivity (Wildman–Crippen MR) is 55.7 cm³/mol. The first-order valence-electron chi connectivity index (χ1n) is 5.75. The number of hydrogen-bond donors (Lipinski definition) is 2. The van der Waals surface area contributed by atoms with Gasteiger partial charge in [-0.05, 0) is 31.1 Å². The topological polar surface area (TPSA) is 55.1 Å². The van der Waals surface area contributed by atoms with Gasteiger partial charge >= 0.3 is 0 Å². The fraction of sp³-hybridized carbons (Fsp3) is 0.909. The van der Waals surface area contributed by atoms with Crippen LogP contribution in [0.25, 0.3) is 0 Å². The number of hydrogen-bond acceptors (Lipinski definition) is 2. The van der Waals surface area contributed by atoms with Gasteiger partial charge < -0.3 is 11.1 Å². The molecule has 2 aliphatic carbocycles. The molecule has 1 amide bonds. The third kappa shape index (κ3) is 1.78. The van der Waals surface area contributed by atoms with Crippen molar-refractivity contribution in [3.05, 3.63) is 0 Å². The van der Waals surface area contributed by atoms with Crippen LogP contribution in [0.15, 0.2) is 0 Å². The summed E-state index contributed by atoms with van der Waals surface area (Å²) in [4.78, 5) is 10.7. The van der Waals surface area contributed by atoms with Crippen LogP contribution in [0.3, 0.4) is 0 Å². The molecular weight excluding hydrogens is 176 g/mol. The molecule has 3 heteroatoms. The highest BCUT2D eigenvalue weighted by atomic mass is 16.1. The van der Waals surface area contributed by atoms with E-state index in [1.54, 1.807) is 0 Å². The van der Waals surface area contributed by atoms with E-state index in [0.717, 1.165) is 0 Å². The molecule has 2 rings (SSSR count). The van der Waals surface area contributed by atoms with Crippen molar-refractivity contribution in [3.63, 3.8) is 0 Å². The van der Waals surface area contributed by atoms with Gasteiger partial charge in [0.15, 0.2) is 0 Å². The molecule has 0 aliphatic heterocycles. The second kappa shape index (κ2) is 3.89. The number of nitrogens with one attached hydrogen (secondary N) is 1. The van der Waals surface area contributed by atoms with Crippen LogP contribution in [0.2, 0.25) is 0 Å². The van der Waals surface area contributed by atoms with Crippen LogP contribution in [0.5, 0.6) is 0 Å². The first-order valence-corrected chi connectivity index (χ1v) is 5.75. The Balaban J connectivity index is 1.84. The quantitative estimate of drug-likeness (QED) is 0.712. The molecular formula is C11H20N2O. The van der Waals surface area contributed by atoms with Gasteiger partial charge in [0.2, 0.25) is 5.91 Å². The van der Waals surface area contributed by atoms with Crippen LogP contribution in [0.4, 0.5) is 0 Å². The molecule has 14 heavy (non-hydrogen) atoms. The lowest BCUT2D eigenvalue weighted by molar-refractivity contribution is -0.117. The second-order valence-corrected chi connectivity index (χ2v) is 4.86. The SMILES string of the molecule is NC(=O)CNC1CCC12CCCCC2. The molecule has 80 valence electrons. The van der Waals surface area contributed by atoms with E-state index < -0.39 is 0 Å². The van der Waals surface area contributed by atoms with E-state index in [0.29, 0.717) is 18.0 Å². The van der Waals surface area contributed by atoms with Gasteiger partial charge in [-0.1, -0.05) is 19.3 Å². The van der Waals surface area contributed by atoms with Gasteiger partial charge in [-0.2, -0.15) is 0 Å². The minimum absolute atomic E-state index is 0.233. The van der Waals surface area contributed by atoms with Crippen LogP contribution in [-0.2, 0) is 4.79 Å². The Morgan fingerprint density at radius 2 is 2.00 bits per heavy atom. The van der Waals surface area contributed by atoms with Crippen molar-refractivity contribution in [3.8, 4) is 0 Å². The van der Waals surface area contributed by atoms with Crippen molar-refractivity contribution < 1.29 is 4.79 Å². The number of amides is 1. The van der Waals surface area contributed by atoms with E-state index >= 15 is 0 Å². The molecule has 2 aliphatic rings. The van der Waals surface area contributed by atoms with Crippen LogP contribution >= 0.6 is 0 Å². The highest BCUT2D eigenvalue weighted by Gasteiger charge is 2.46. The van der Waals surface area contributed by atoms with Crippen molar-refractivity contribution >= 4 is 5.91 Å². The Bertz CT molecular complexity index is 221. The molecule has 0 aromatic carbocycles. The van der Waals surface area contributed by atoms with Crippen molar-refractivity contribution in [1.29, 1.82) is 0 Å². The van der Waals surface area contributed by atoms with E-state index in [2.05, 4.69) is 5.32 Å². The molecule has 0 saturated heterocycles. The van der Waals surface area contributed by atoms with Gasteiger partial charge in [-0.25, -0.2) is 0 Å². The van der Waals surface area contributed by atoms with Crippen LogP contribution in [0, 0.1) is 5.41 Å². The third-order valence-corrected chi connectivity index (χ3v) is 4.04. The van der Waals surface area contributed by atoms with Crippen LogP contribution in [-0.4, -0.2) is 18.5 Å². The number of carbonyl (C=O) groups excluding carboxylic acids is 1. The Labute approximate surface area is 85.4 Å². The average molecular weight is 196 g/mol. The number of carbonyl (C=O) groups is 1. The maximum Gasteiger partial charge on any atom is 0.231 e. The van der Waals surface area contributed by atoms with Gasteiger partial charge in [-0.15, -0.1) is 0 Å². The largest absolute Gasteiger partial charge is 0.369 e. The van der Waals surface area contributed by atoms with Gasteiger partial charge in [-0.3, -0.25) is 4.79 Å². The van der Waals surface area contributed by atoms with Crippen LogP contribution < -0.4 is 11.1 Å². The molecule has 3 nitrogen and oxygen atoms in total. The fourth-order valence-corrected chi connectivity index (χ4v) is 3.09. The molecule has 0 heterocycles. The number of rotatable bonds is 3. The summed E-state index contributed by atoms with van der Waals surface area (Å²) in [6.07, 6.45) is 9.41. The molecule has 0 aromatic rings. The molecule has 3 N–H and O–H groups in total. The van der Waals surface area contributed by atoms with Crippen molar-refractivity contribution in [2.45, 2.75) is 51.0 Å². The molecule has 0 aromatic heterocycles. The Morgan fingerprint density at radius 1 is 1.29 bits per heavy atom. The first-order chi connectivity index (χ1) is 6.73. The second-order valence-electron chi connectivity index (χ2n) is 4.86. The van der Waals surface area contributed by atoms with E-state index in [9.17, 15) is 4.79 Å². The standard InChI is InChI=1S/C11H20N2O/c12-10(14)8-13-9-4-7-11(9)5-2-1-3-6-11/h9,13H,1-8H2,(H2,12,14). The van der Waals surface area contributed by atoms with Crippen LogP contribution in [0.1, 0.15) is 44.9 Å². The Hall–Kier alpha value is -0.570. The van der Waals surface area contributed by atoms with Crippen molar-refractivity contribution in [2.75, 3.05) is 6.54 Å². The number of nitrogens with two attached hydrogens (primary N) is 1. The fourth-order valence-electron chi connectivity index (χ4n) is 3.09. The lowest BCUT2D eigenvalue weighted by atomic mass is 9.57. The zero-order valence-electron chi connectivity index (χ0n) is 8.72. The molecule has 1 spiro atoms. The maximum absolute atomic E-state index is 10.7. The van der Waals surface area contributed by atoms with E-state index in [1.807, 2.05) is 0 Å². The Kier molecular flexibility index (Phi) is 2.77. The summed E-state index contributed by atoms with van der Waals surface area (Å²) in [6.45, 7) is 0.354. The molecule has 0 radical (unpaired) electrons.